The van der Waals surface area contributed by atoms with E-state index in [2.05, 4.69) is 9.82 Å². The van der Waals surface area contributed by atoms with E-state index in [-0.39, 0.29) is 10.6 Å². The zero-order chi connectivity index (χ0) is 19.8. The fourth-order valence-electron chi connectivity index (χ4n) is 2.52. The van der Waals surface area contributed by atoms with Gasteiger partial charge in [0.05, 0.1) is 4.88 Å². The molecule has 3 aromatic rings. The van der Waals surface area contributed by atoms with Gasteiger partial charge in [-0.05, 0) is 43.2 Å². The summed E-state index contributed by atoms with van der Waals surface area (Å²) < 4.78 is 66.1. The van der Waals surface area contributed by atoms with Gasteiger partial charge in [0.25, 0.3) is 10.0 Å². The molecule has 0 amide bonds. The highest BCUT2D eigenvalue weighted by atomic mass is 32.2. The fraction of sp³-hybridized carbons (Fsp3) is 0.235. The van der Waals surface area contributed by atoms with Crippen molar-refractivity contribution in [3.63, 3.8) is 0 Å². The molecule has 2 heterocycles. The molecule has 0 fully saturated rings. The predicted molar refractivity (Wildman–Crippen MR) is 98.3 cm³/mol. The van der Waals surface area contributed by atoms with Crippen LogP contribution in [-0.4, -0.2) is 18.6 Å². The third kappa shape index (κ3) is 4.16. The van der Waals surface area contributed by atoms with Crippen LogP contribution in [0.5, 0.6) is 0 Å². The quantitative estimate of drug-likeness (QED) is 0.627. The molecular weight excluding hydrogens is 399 g/mol. The van der Waals surface area contributed by atoms with Crippen LogP contribution in [0.2, 0.25) is 0 Å². The van der Waals surface area contributed by atoms with E-state index in [1.165, 1.54) is 6.07 Å². The number of nitrogens with one attached hydrogen (secondary N) is 2. The molecule has 27 heavy (non-hydrogen) atoms. The molecule has 144 valence electrons. The maximum Gasteiger partial charge on any atom is 0.432 e. The molecule has 0 aliphatic carbocycles. The van der Waals surface area contributed by atoms with Gasteiger partial charge in [-0.2, -0.15) is 18.3 Å². The van der Waals surface area contributed by atoms with Gasteiger partial charge in [0, 0.05) is 10.6 Å². The first-order valence-electron chi connectivity index (χ1n) is 7.95. The van der Waals surface area contributed by atoms with Gasteiger partial charge in [-0.3, -0.25) is 9.82 Å². The highest BCUT2D eigenvalue weighted by Gasteiger charge is 2.33. The lowest BCUT2D eigenvalue weighted by Crippen LogP contribution is -2.13. The lowest BCUT2D eigenvalue weighted by Gasteiger charge is -2.08. The molecule has 0 atom stereocenters. The van der Waals surface area contributed by atoms with Gasteiger partial charge in [0.1, 0.15) is 16.3 Å². The number of sulfonamides is 1. The molecule has 0 aliphatic rings. The van der Waals surface area contributed by atoms with Crippen molar-refractivity contribution in [3.05, 3.63) is 52.5 Å². The average molecular weight is 415 g/mol. The van der Waals surface area contributed by atoms with E-state index >= 15 is 0 Å². The van der Waals surface area contributed by atoms with Crippen LogP contribution in [0.3, 0.4) is 0 Å². The molecule has 3 rings (SSSR count). The number of aromatic amines is 1. The Labute approximate surface area is 158 Å². The van der Waals surface area contributed by atoms with Crippen LogP contribution >= 0.6 is 11.3 Å². The van der Waals surface area contributed by atoms with Crippen LogP contribution in [0.15, 0.2) is 41.3 Å². The normalized spacial score (nSPS) is 12.3. The van der Waals surface area contributed by atoms with Crippen molar-refractivity contribution in [2.75, 3.05) is 4.72 Å². The third-order valence-electron chi connectivity index (χ3n) is 3.88. The van der Waals surface area contributed by atoms with Crippen LogP contribution < -0.4 is 4.72 Å². The summed E-state index contributed by atoms with van der Waals surface area (Å²) in [6.45, 7) is 3.56. The number of nitrogens with zero attached hydrogens (tertiary/aromatic N) is 1. The Morgan fingerprint density at radius 3 is 2.59 bits per heavy atom. The Kier molecular flexibility index (Phi) is 5.04. The molecule has 2 aromatic heterocycles. The van der Waals surface area contributed by atoms with Crippen LogP contribution in [-0.2, 0) is 22.6 Å². The van der Waals surface area contributed by atoms with E-state index < -0.39 is 21.9 Å². The van der Waals surface area contributed by atoms with Crippen molar-refractivity contribution >= 4 is 27.0 Å². The monoisotopic (exact) mass is 415 g/mol. The van der Waals surface area contributed by atoms with Crippen LogP contribution in [0.4, 0.5) is 18.9 Å². The Morgan fingerprint density at radius 1 is 1.22 bits per heavy atom. The molecule has 10 heteroatoms. The maximum atomic E-state index is 12.7. The number of halogens is 3. The van der Waals surface area contributed by atoms with Crippen molar-refractivity contribution in [1.82, 2.24) is 10.2 Å². The average Bonchev–Trinajstić information content (AvgIpc) is 3.21. The minimum Gasteiger partial charge on any atom is -0.280 e. The number of alkyl halides is 3. The minimum atomic E-state index is -4.54. The highest BCUT2D eigenvalue weighted by Crippen LogP contribution is 2.36. The molecule has 0 radical (unpaired) electrons. The molecule has 0 unspecified atom stereocenters. The second kappa shape index (κ2) is 7.01. The number of anilines is 1. The third-order valence-corrected chi connectivity index (χ3v) is 6.59. The molecule has 5 nitrogen and oxygen atoms in total. The summed E-state index contributed by atoms with van der Waals surface area (Å²) >= 11 is 1.07. The Balaban J connectivity index is 1.92. The molecule has 1 aromatic carbocycles. The van der Waals surface area contributed by atoms with E-state index in [1.54, 1.807) is 25.1 Å². The van der Waals surface area contributed by atoms with Gasteiger partial charge in [-0.25, -0.2) is 8.42 Å². The fourth-order valence-corrected chi connectivity index (χ4v) is 5.12. The van der Waals surface area contributed by atoms with Crippen molar-refractivity contribution < 1.29 is 21.6 Å². The zero-order valence-electron chi connectivity index (χ0n) is 14.4. The van der Waals surface area contributed by atoms with E-state index in [0.717, 1.165) is 29.4 Å². The number of thiophene rings is 1. The van der Waals surface area contributed by atoms with Crippen molar-refractivity contribution in [1.29, 1.82) is 0 Å². The summed E-state index contributed by atoms with van der Waals surface area (Å²) in [5.41, 5.74) is 0.474. The summed E-state index contributed by atoms with van der Waals surface area (Å²) in [5.74, 6) is 0. The first kappa shape index (κ1) is 19.4. The van der Waals surface area contributed by atoms with E-state index in [9.17, 15) is 21.6 Å². The number of aryl methyl sites for hydroxylation is 2. The van der Waals surface area contributed by atoms with Crippen LogP contribution in [0, 0.1) is 6.92 Å². The molecule has 0 saturated heterocycles. The van der Waals surface area contributed by atoms with Crippen molar-refractivity contribution in [2.24, 2.45) is 0 Å². The minimum absolute atomic E-state index is 0.0148. The number of aromatic nitrogens is 2. The molecular formula is C17H16F3N3O2S2. The van der Waals surface area contributed by atoms with Gasteiger partial charge < -0.3 is 0 Å². The number of H-pyrrole nitrogens is 1. The SMILES string of the molecule is CCc1cccc(NS(=O)(=O)c2cc(-c3cc(C(F)(F)F)[nH]n3)sc2C)c1. The molecule has 0 bridgehead atoms. The number of hydrogen-bond acceptors (Lipinski definition) is 4. The summed E-state index contributed by atoms with van der Waals surface area (Å²) in [6, 6.07) is 9.22. The smallest absolute Gasteiger partial charge is 0.280 e. The van der Waals surface area contributed by atoms with E-state index in [1.807, 2.05) is 18.1 Å². The Bertz CT molecular complexity index is 1070. The first-order chi connectivity index (χ1) is 12.6. The summed E-state index contributed by atoms with van der Waals surface area (Å²) in [6.07, 6.45) is -3.78. The lowest BCUT2D eigenvalue weighted by atomic mass is 10.1. The van der Waals surface area contributed by atoms with Gasteiger partial charge >= 0.3 is 6.18 Å². The molecule has 2 N–H and O–H groups in total. The second-order valence-corrected chi connectivity index (χ2v) is 8.76. The van der Waals surface area contributed by atoms with Gasteiger partial charge in [0.15, 0.2) is 0 Å². The first-order valence-corrected chi connectivity index (χ1v) is 10.3. The van der Waals surface area contributed by atoms with Crippen molar-refractivity contribution in [2.45, 2.75) is 31.3 Å². The van der Waals surface area contributed by atoms with Crippen molar-refractivity contribution in [3.8, 4) is 10.6 Å². The van der Waals surface area contributed by atoms with Gasteiger partial charge in [-0.1, -0.05) is 19.1 Å². The van der Waals surface area contributed by atoms with E-state index in [4.69, 9.17) is 0 Å². The highest BCUT2D eigenvalue weighted by molar-refractivity contribution is 7.93. The standard InChI is InChI=1S/C17H16F3N3O2S2/c1-3-11-5-4-6-12(7-11)23-27(24,25)15-9-14(26-10(15)2)13-8-16(22-21-13)17(18,19)20/h4-9,23H,3H2,1-2H3,(H,21,22). The Hall–Kier alpha value is -2.33. The van der Waals surface area contributed by atoms with Gasteiger partial charge in [-0.15, -0.1) is 11.3 Å². The largest absolute Gasteiger partial charge is 0.432 e. The number of hydrogen-bond donors (Lipinski definition) is 2. The summed E-state index contributed by atoms with van der Waals surface area (Å²) in [5, 5.41) is 5.58. The predicted octanol–water partition coefficient (Wildman–Crippen LogP) is 4.83. The number of rotatable bonds is 5. The summed E-state index contributed by atoms with van der Waals surface area (Å²) in [7, 11) is -3.88. The zero-order valence-corrected chi connectivity index (χ0v) is 16.0. The van der Waals surface area contributed by atoms with Crippen LogP contribution in [0.25, 0.3) is 10.6 Å². The van der Waals surface area contributed by atoms with E-state index in [0.29, 0.717) is 15.4 Å². The van der Waals surface area contributed by atoms with Gasteiger partial charge in [0.2, 0.25) is 0 Å². The maximum absolute atomic E-state index is 12.7. The Morgan fingerprint density at radius 2 is 1.96 bits per heavy atom. The number of benzene rings is 1. The molecule has 0 saturated carbocycles. The second-order valence-electron chi connectivity index (χ2n) is 5.86. The molecule has 0 aliphatic heterocycles. The molecule has 0 spiro atoms. The van der Waals surface area contributed by atoms with Crippen LogP contribution in [0.1, 0.15) is 23.1 Å². The lowest BCUT2D eigenvalue weighted by molar-refractivity contribution is -0.141. The topological polar surface area (TPSA) is 74.8 Å². The summed E-state index contributed by atoms with van der Waals surface area (Å²) in [4.78, 5) is 0.809.